The van der Waals surface area contributed by atoms with Crippen LogP contribution in [0, 0.1) is 0 Å². The van der Waals surface area contributed by atoms with Gasteiger partial charge in [0.05, 0.1) is 11.1 Å². The van der Waals surface area contributed by atoms with Gasteiger partial charge in [-0.3, -0.25) is 0 Å². The monoisotopic (exact) mass is 280 g/mol. The van der Waals surface area contributed by atoms with Crippen molar-refractivity contribution < 1.29 is 4.74 Å². The Labute approximate surface area is 125 Å². The molecule has 0 fully saturated rings. The van der Waals surface area contributed by atoms with Crippen molar-refractivity contribution in [2.45, 2.75) is 25.9 Å². The SMILES string of the molecule is CC1(C)COC(c2ccccc2NCc2ccccc2)=N1. The van der Waals surface area contributed by atoms with Crippen LogP contribution < -0.4 is 5.32 Å². The Morgan fingerprint density at radius 2 is 1.76 bits per heavy atom. The third kappa shape index (κ3) is 3.24. The van der Waals surface area contributed by atoms with Crippen molar-refractivity contribution in [3.8, 4) is 0 Å². The Kier molecular flexibility index (Phi) is 3.65. The van der Waals surface area contributed by atoms with Gasteiger partial charge in [-0.1, -0.05) is 42.5 Å². The van der Waals surface area contributed by atoms with E-state index in [9.17, 15) is 0 Å². The van der Waals surface area contributed by atoms with Gasteiger partial charge in [0.15, 0.2) is 0 Å². The molecule has 0 unspecified atom stereocenters. The Morgan fingerprint density at radius 1 is 1.05 bits per heavy atom. The second-order valence-electron chi connectivity index (χ2n) is 5.90. The Hall–Kier alpha value is -2.29. The number of benzene rings is 2. The molecule has 1 aliphatic heterocycles. The molecule has 0 aromatic heterocycles. The minimum absolute atomic E-state index is 0.137. The molecular weight excluding hydrogens is 260 g/mol. The maximum absolute atomic E-state index is 5.76. The average Bonchev–Trinajstić information content (AvgIpc) is 2.86. The average molecular weight is 280 g/mol. The molecule has 2 aromatic carbocycles. The lowest BCUT2D eigenvalue weighted by atomic mass is 10.1. The van der Waals surface area contributed by atoms with E-state index in [0.717, 1.165) is 23.7 Å². The summed E-state index contributed by atoms with van der Waals surface area (Å²) in [6.45, 7) is 5.59. The van der Waals surface area contributed by atoms with E-state index in [1.54, 1.807) is 0 Å². The summed E-state index contributed by atoms with van der Waals surface area (Å²) in [4.78, 5) is 4.66. The van der Waals surface area contributed by atoms with Crippen LogP contribution in [0.2, 0.25) is 0 Å². The summed E-state index contributed by atoms with van der Waals surface area (Å²) in [6, 6.07) is 18.5. The van der Waals surface area contributed by atoms with E-state index in [2.05, 4.69) is 54.5 Å². The molecular formula is C18H20N2O. The van der Waals surface area contributed by atoms with Crippen molar-refractivity contribution in [2.24, 2.45) is 4.99 Å². The third-order valence-electron chi connectivity index (χ3n) is 3.45. The molecule has 108 valence electrons. The smallest absolute Gasteiger partial charge is 0.218 e. The van der Waals surface area contributed by atoms with E-state index < -0.39 is 0 Å². The predicted octanol–water partition coefficient (Wildman–Crippen LogP) is 3.85. The lowest BCUT2D eigenvalue weighted by Gasteiger charge is -2.11. The van der Waals surface area contributed by atoms with Crippen molar-refractivity contribution in [2.75, 3.05) is 11.9 Å². The molecule has 0 aliphatic carbocycles. The largest absolute Gasteiger partial charge is 0.475 e. The van der Waals surface area contributed by atoms with E-state index in [-0.39, 0.29) is 5.54 Å². The zero-order valence-electron chi connectivity index (χ0n) is 12.5. The van der Waals surface area contributed by atoms with Crippen LogP contribution in [-0.2, 0) is 11.3 Å². The van der Waals surface area contributed by atoms with Crippen LogP contribution in [0.15, 0.2) is 59.6 Å². The van der Waals surface area contributed by atoms with E-state index in [4.69, 9.17) is 4.74 Å². The van der Waals surface area contributed by atoms with Gasteiger partial charge in [-0.15, -0.1) is 0 Å². The van der Waals surface area contributed by atoms with Gasteiger partial charge in [0.2, 0.25) is 5.90 Å². The topological polar surface area (TPSA) is 33.6 Å². The molecule has 0 atom stereocenters. The Morgan fingerprint density at radius 3 is 2.48 bits per heavy atom. The lowest BCUT2D eigenvalue weighted by molar-refractivity contribution is 0.279. The van der Waals surface area contributed by atoms with Gasteiger partial charge in [-0.05, 0) is 31.5 Å². The summed E-state index contributed by atoms with van der Waals surface area (Å²) in [5.41, 5.74) is 3.20. The molecule has 0 saturated heterocycles. The third-order valence-corrected chi connectivity index (χ3v) is 3.45. The van der Waals surface area contributed by atoms with E-state index in [1.807, 2.05) is 24.3 Å². The standard InChI is InChI=1S/C18H20N2O/c1-18(2)13-21-17(20-18)15-10-6-7-11-16(15)19-12-14-8-4-3-5-9-14/h3-11,19H,12-13H2,1-2H3. The first-order valence-electron chi connectivity index (χ1n) is 7.24. The zero-order valence-corrected chi connectivity index (χ0v) is 12.5. The van der Waals surface area contributed by atoms with Crippen molar-refractivity contribution in [1.82, 2.24) is 0 Å². The number of anilines is 1. The number of rotatable bonds is 4. The van der Waals surface area contributed by atoms with Crippen LogP contribution in [0.4, 0.5) is 5.69 Å². The van der Waals surface area contributed by atoms with Crippen molar-refractivity contribution in [3.63, 3.8) is 0 Å². The second-order valence-corrected chi connectivity index (χ2v) is 5.90. The number of nitrogens with zero attached hydrogens (tertiary/aromatic N) is 1. The molecule has 2 aromatic rings. The maximum atomic E-state index is 5.76. The number of para-hydroxylation sites is 1. The summed E-state index contributed by atoms with van der Waals surface area (Å²) in [5, 5.41) is 3.47. The molecule has 1 N–H and O–H groups in total. The molecule has 0 spiro atoms. The van der Waals surface area contributed by atoms with Crippen molar-refractivity contribution in [3.05, 3.63) is 65.7 Å². The summed E-state index contributed by atoms with van der Waals surface area (Å²) in [5.74, 6) is 0.733. The molecule has 1 heterocycles. The van der Waals surface area contributed by atoms with E-state index in [1.165, 1.54) is 5.56 Å². The van der Waals surface area contributed by atoms with Crippen LogP contribution in [0.5, 0.6) is 0 Å². The predicted molar refractivity (Wildman–Crippen MR) is 86.8 cm³/mol. The van der Waals surface area contributed by atoms with Gasteiger partial charge in [-0.2, -0.15) is 0 Å². The highest BCUT2D eigenvalue weighted by atomic mass is 16.5. The van der Waals surface area contributed by atoms with Gasteiger partial charge in [0, 0.05) is 12.2 Å². The molecule has 0 radical (unpaired) electrons. The highest BCUT2D eigenvalue weighted by Gasteiger charge is 2.27. The Bertz CT molecular complexity index is 647. The molecule has 21 heavy (non-hydrogen) atoms. The summed E-state index contributed by atoms with van der Waals surface area (Å²) in [6.07, 6.45) is 0. The molecule has 0 saturated carbocycles. The molecule has 0 bridgehead atoms. The lowest BCUT2D eigenvalue weighted by Crippen LogP contribution is -2.17. The first-order chi connectivity index (χ1) is 10.1. The normalized spacial score (nSPS) is 16.2. The van der Waals surface area contributed by atoms with Gasteiger partial charge >= 0.3 is 0 Å². The number of hydrogen-bond acceptors (Lipinski definition) is 3. The van der Waals surface area contributed by atoms with E-state index in [0.29, 0.717) is 6.61 Å². The van der Waals surface area contributed by atoms with Crippen molar-refractivity contribution in [1.29, 1.82) is 0 Å². The highest BCUT2D eigenvalue weighted by molar-refractivity contribution is 6.00. The van der Waals surface area contributed by atoms with E-state index >= 15 is 0 Å². The minimum Gasteiger partial charge on any atom is -0.475 e. The quantitative estimate of drug-likeness (QED) is 0.922. The fraction of sp³-hybridized carbons (Fsp3) is 0.278. The number of hydrogen-bond donors (Lipinski definition) is 1. The molecule has 3 rings (SSSR count). The summed E-state index contributed by atoms with van der Waals surface area (Å²) < 4.78 is 5.76. The minimum atomic E-state index is -0.137. The first kappa shape index (κ1) is 13.7. The first-order valence-corrected chi connectivity index (χ1v) is 7.24. The second kappa shape index (κ2) is 5.60. The molecule has 1 aliphatic rings. The zero-order chi connectivity index (χ0) is 14.7. The Balaban J connectivity index is 1.81. The van der Waals surface area contributed by atoms with Crippen LogP contribution in [-0.4, -0.2) is 18.0 Å². The van der Waals surface area contributed by atoms with Gasteiger partial charge < -0.3 is 10.1 Å². The number of ether oxygens (including phenoxy) is 1. The maximum Gasteiger partial charge on any atom is 0.218 e. The fourth-order valence-electron chi connectivity index (χ4n) is 2.34. The van der Waals surface area contributed by atoms with Gasteiger partial charge in [-0.25, -0.2) is 4.99 Å². The summed E-state index contributed by atoms with van der Waals surface area (Å²) >= 11 is 0. The number of nitrogens with one attached hydrogen (secondary N) is 1. The van der Waals surface area contributed by atoms with Gasteiger partial charge in [0.1, 0.15) is 6.61 Å². The molecule has 3 nitrogen and oxygen atoms in total. The number of aliphatic imine (C=N–C) groups is 1. The fourth-order valence-corrected chi connectivity index (χ4v) is 2.34. The van der Waals surface area contributed by atoms with Gasteiger partial charge in [0.25, 0.3) is 0 Å². The molecule has 3 heteroatoms. The molecule has 0 amide bonds. The van der Waals surface area contributed by atoms with Crippen LogP contribution in [0.25, 0.3) is 0 Å². The highest BCUT2D eigenvalue weighted by Crippen LogP contribution is 2.25. The van der Waals surface area contributed by atoms with Crippen LogP contribution in [0.3, 0.4) is 0 Å². The van der Waals surface area contributed by atoms with Crippen LogP contribution >= 0.6 is 0 Å². The van der Waals surface area contributed by atoms with Crippen LogP contribution in [0.1, 0.15) is 25.0 Å². The van der Waals surface area contributed by atoms with Crippen molar-refractivity contribution >= 4 is 11.6 Å². The summed E-state index contributed by atoms with van der Waals surface area (Å²) in [7, 11) is 0.